The van der Waals surface area contributed by atoms with Crippen molar-refractivity contribution in [1.29, 1.82) is 0 Å². The number of H-pyrrole nitrogens is 1. The second kappa shape index (κ2) is 9.65. The quantitative estimate of drug-likeness (QED) is 0.441. The molecule has 0 aliphatic rings. The lowest BCUT2D eigenvalue weighted by atomic mass is 10.3. The Morgan fingerprint density at radius 1 is 1.18 bits per heavy atom. The fourth-order valence-electron chi connectivity index (χ4n) is 3.03. The van der Waals surface area contributed by atoms with Crippen LogP contribution in [0, 0.1) is 0 Å². The Morgan fingerprint density at radius 3 is 2.39 bits per heavy atom. The number of aryl methyl sites for hydroxylation is 2. The number of rotatable bonds is 11. The molecule has 28 heavy (non-hydrogen) atoms. The number of nitrogens with one attached hydrogen (secondary N) is 1. The van der Waals surface area contributed by atoms with Crippen molar-refractivity contribution in [1.82, 2.24) is 19.1 Å². The summed E-state index contributed by atoms with van der Waals surface area (Å²) in [5, 5.41) is 0. The first-order valence-corrected chi connectivity index (χ1v) is 11.1. The summed E-state index contributed by atoms with van der Waals surface area (Å²) in [6.07, 6.45) is 1.15. The van der Waals surface area contributed by atoms with Crippen LogP contribution in [-0.4, -0.2) is 45.6 Å². The van der Waals surface area contributed by atoms with Gasteiger partial charge in [0.25, 0.3) is 5.56 Å². The van der Waals surface area contributed by atoms with Gasteiger partial charge in [-0.05, 0) is 33.6 Å². The zero-order valence-corrected chi connectivity index (χ0v) is 18.0. The van der Waals surface area contributed by atoms with E-state index in [4.69, 9.17) is 13.8 Å². The van der Waals surface area contributed by atoms with Gasteiger partial charge in [-0.2, -0.15) is 0 Å². The smallest absolute Gasteiger partial charge is 0.330 e. The lowest BCUT2D eigenvalue weighted by Gasteiger charge is -2.17. The summed E-state index contributed by atoms with van der Waals surface area (Å²) in [4.78, 5) is 31.1. The molecule has 1 N–H and O–H groups in total. The fraction of sp³-hybridized carbons (Fsp3) is 0.706. The summed E-state index contributed by atoms with van der Waals surface area (Å²) in [5.74, 6) is 0.557. The van der Waals surface area contributed by atoms with Gasteiger partial charge >= 0.3 is 13.3 Å². The predicted molar refractivity (Wildman–Crippen MR) is 106 cm³/mol. The van der Waals surface area contributed by atoms with E-state index in [2.05, 4.69) is 9.97 Å². The highest BCUT2D eigenvalue weighted by atomic mass is 31.2. The molecule has 11 heteroatoms. The third-order valence-electron chi connectivity index (χ3n) is 4.47. The molecule has 2 heterocycles. The number of imidazole rings is 1. The molecule has 0 fully saturated rings. The number of methoxy groups -OCH3 is 1. The van der Waals surface area contributed by atoms with E-state index < -0.39 is 18.8 Å². The van der Waals surface area contributed by atoms with Crippen LogP contribution in [0.2, 0.25) is 0 Å². The monoisotopic (exact) mass is 416 g/mol. The Bertz CT molecular complexity index is 953. The molecule has 0 spiro atoms. The number of nitrogens with zero attached hydrogens (tertiary/aromatic N) is 3. The highest BCUT2D eigenvalue weighted by Gasteiger charge is 2.24. The maximum absolute atomic E-state index is 12.6. The molecule has 2 aromatic rings. The maximum Gasteiger partial charge on any atom is 0.330 e. The van der Waals surface area contributed by atoms with Crippen LogP contribution in [0.15, 0.2) is 9.59 Å². The van der Waals surface area contributed by atoms with Gasteiger partial charge in [0, 0.05) is 20.7 Å². The van der Waals surface area contributed by atoms with Gasteiger partial charge in [-0.3, -0.25) is 18.9 Å². The largest absolute Gasteiger partial charge is 0.374 e. The molecule has 0 amide bonds. The number of hydrogen-bond acceptors (Lipinski definition) is 7. The minimum atomic E-state index is -3.10. The van der Waals surface area contributed by atoms with Gasteiger partial charge in [0.2, 0.25) is 0 Å². The van der Waals surface area contributed by atoms with E-state index in [1.54, 1.807) is 32.6 Å². The molecule has 0 aliphatic carbocycles. The van der Waals surface area contributed by atoms with Crippen molar-refractivity contribution in [3.63, 3.8) is 0 Å². The summed E-state index contributed by atoms with van der Waals surface area (Å²) in [7, 11) is 0.0113. The van der Waals surface area contributed by atoms with E-state index >= 15 is 0 Å². The van der Waals surface area contributed by atoms with Crippen LogP contribution in [0.25, 0.3) is 11.2 Å². The van der Waals surface area contributed by atoms with Gasteiger partial charge in [-0.15, -0.1) is 0 Å². The maximum atomic E-state index is 12.6. The highest BCUT2D eigenvalue weighted by molar-refractivity contribution is 7.53. The van der Waals surface area contributed by atoms with E-state index in [-0.39, 0.29) is 6.10 Å². The first-order valence-electron chi connectivity index (χ1n) is 9.38. The van der Waals surface area contributed by atoms with Crippen molar-refractivity contribution in [3.05, 3.63) is 26.7 Å². The fourth-order valence-corrected chi connectivity index (χ4v) is 4.76. The van der Waals surface area contributed by atoms with Crippen LogP contribution >= 0.6 is 7.60 Å². The van der Waals surface area contributed by atoms with Gasteiger partial charge in [-0.25, -0.2) is 9.78 Å². The van der Waals surface area contributed by atoms with Gasteiger partial charge in [0.1, 0.15) is 11.9 Å². The minimum absolute atomic E-state index is 0.297. The number of fused-ring (bicyclic) bond motifs is 1. The third-order valence-corrected chi connectivity index (χ3v) is 6.64. The molecule has 2 aromatic heterocycles. The number of hydrogen-bond donors (Lipinski definition) is 1. The van der Waals surface area contributed by atoms with E-state index in [0.717, 1.165) is 0 Å². The first kappa shape index (κ1) is 22.5. The molecule has 0 aromatic carbocycles. The van der Waals surface area contributed by atoms with Crippen LogP contribution in [0.1, 0.15) is 45.5 Å². The molecule has 0 bridgehead atoms. The number of aromatic nitrogens is 4. The standard InChI is InChI=1S/C17H29N4O6P/c1-6-26-28(24,27-7-2)11-9-8-10-21-13-15(18-14(21)12(3)25-5)20(4)17(23)19-16(13)22/h12H,6-11H2,1-5H3,(H,19,22,23). The Morgan fingerprint density at radius 2 is 1.82 bits per heavy atom. The predicted octanol–water partition coefficient (Wildman–Crippen LogP) is 2.18. The van der Waals surface area contributed by atoms with Crippen LogP contribution in [0.3, 0.4) is 0 Å². The molecule has 158 valence electrons. The summed E-state index contributed by atoms with van der Waals surface area (Å²) < 4.78 is 31.6. The second-order valence-corrected chi connectivity index (χ2v) is 8.55. The molecular weight excluding hydrogens is 387 g/mol. The van der Waals surface area contributed by atoms with Crippen LogP contribution < -0.4 is 11.2 Å². The molecule has 0 aliphatic heterocycles. The number of aromatic amines is 1. The summed E-state index contributed by atoms with van der Waals surface area (Å²) in [5.41, 5.74) is -0.386. The third kappa shape index (κ3) is 4.81. The SMILES string of the molecule is CCOP(=O)(CCCCn1c(C(C)OC)nc2c1c(=O)[nH]c(=O)n2C)OCC. The van der Waals surface area contributed by atoms with Crippen molar-refractivity contribution >= 4 is 18.8 Å². The molecule has 0 saturated heterocycles. The summed E-state index contributed by atoms with van der Waals surface area (Å²) in [6.45, 7) is 6.47. The molecule has 0 radical (unpaired) electrons. The lowest BCUT2D eigenvalue weighted by molar-refractivity contribution is 0.109. The second-order valence-electron chi connectivity index (χ2n) is 6.37. The van der Waals surface area contributed by atoms with Gasteiger partial charge in [0.15, 0.2) is 11.2 Å². The van der Waals surface area contributed by atoms with E-state index in [1.165, 1.54) is 4.57 Å². The summed E-state index contributed by atoms with van der Waals surface area (Å²) in [6, 6.07) is 0. The molecular formula is C17H29N4O6P. The van der Waals surface area contributed by atoms with Crippen LogP contribution in [0.4, 0.5) is 0 Å². The Labute approximate surface area is 163 Å². The van der Waals surface area contributed by atoms with Crippen molar-refractivity contribution in [3.8, 4) is 0 Å². The van der Waals surface area contributed by atoms with Crippen molar-refractivity contribution in [2.24, 2.45) is 7.05 Å². The minimum Gasteiger partial charge on any atom is -0.374 e. The van der Waals surface area contributed by atoms with Crippen molar-refractivity contribution < 1.29 is 18.3 Å². The summed E-state index contributed by atoms with van der Waals surface area (Å²) >= 11 is 0. The Balaban J connectivity index is 2.28. The van der Waals surface area contributed by atoms with Gasteiger partial charge < -0.3 is 18.4 Å². The van der Waals surface area contributed by atoms with E-state index in [1.807, 2.05) is 6.92 Å². The number of unbranched alkanes of at least 4 members (excludes halogenated alkanes) is 1. The molecule has 10 nitrogen and oxygen atoms in total. The van der Waals surface area contributed by atoms with Gasteiger partial charge in [0.05, 0.1) is 19.4 Å². The zero-order valence-electron chi connectivity index (χ0n) is 17.1. The molecule has 1 atom stereocenters. The Kier molecular flexibility index (Phi) is 7.77. The van der Waals surface area contributed by atoms with E-state index in [0.29, 0.717) is 55.8 Å². The number of ether oxygens (including phenoxy) is 1. The van der Waals surface area contributed by atoms with Crippen molar-refractivity contribution in [2.45, 2.75) is 46.3 Å². The topological polar surface area (TPSA) is 117 Å². The lowest BCUT2D eigenvalue weighted by Crippen LogP contribution is -2.29. The van der Waals surface area contributed by atoms with Crippen LogP contribution in [0.5, 0.6) is 0 Å². The first-order chi connectivity index (χ1) is 13.3. The van der Waals surface area contributed by atoms with Gasteiger partial charge in [-0.1, -0.05) is 0 Å². The Hall–Kier alpha value is -1.74. The zero-order chi connectivity index (χ0) is 20.9. The highest BCUT2D eigenvalue weighted by Crippen LogP contribution is 2.48. The van der Waals surface area contributed by atoms with E-state index in [9.17, 15) is 14.2 Å². The average molecular weight is 416 g/mol. The van der Waals surface area contributed by atoms with Crippen LogP contribution in [-0.2, 0) is 31.9 Å². The average Bonchev–Trinajstić information content (AvgIpc) is 3.03. The molecule has 2 rings (SSSR count). The molecule has 1 unspecified atom stereocenters. The normalized spacial score (nSPS) is 13.3. The molecule has 0 saturated carbocycles. The van der Waals surface area contributed by atoms with Crippen molar-refractivity contribution in [2.75, 3.05) is 26.5 Å².